The maximum Gasteiger partial charge on any atom is 0.408 e. The first-order chi connectivity index (χ1) is 10.0. The molecule has 0 aromatic heterocycles. The zero-order chi connectivity index (χ0) is 17.1. The SMILES string of the molecule is CC(C)[C@@H](NC(=O)OC(C)(C)C)C(=O)N1CCC[C@@H]1C(N)=O. The molecule has 7 heteroatoms. The smallest absolute Gasteiger partial charge is 0.408 e. The molecule has 0 aromatic rings. The second kappa shape index (κ2) is 6.98. The predicted molar refractivity (Wildman–Crippen MR) is 81.9 cm³/mol. The number of likely N-dealkylation sites (tertiary alicyclic amines) is 1. The van der Waals surface area contributed by atoms with Crippen LogP contribution >= 0.6 is 0 Å². The Hall–Kier alpha value is -1.79. The zero-order valence-corrected chi connectivity index (χ0v) is 14.0. The quantitative estimate of drug-likeness (QED) is 0.808. The average molecular weight is 313 g/mol. The molecule has 1 rings (SSSR count). The Kier molecular flexibility index (Phi) is 5.79. The topological polar surface area (TPSA) is 102 Å². The highest BCUT2D eigenvalue weighted by atomic mass is 16.6. The molecule has 3 N–H and O–H groups in total. The molecule has 0 aliphatic carbocycles. The molecule has 0 aromatic carbocycles. The summed E-state index contributed by atoms with van der Waals surface area (Å²) in [6.07, 6.45) is 0.656. The second-order valence-electron chi connectivity index (χ2n) is 6.96. The van der Waals surface area contributed by atoms with E-state index in [1.807, 2.05) is 13.8 Å². The van der Waals surface area contributed by atoms with Gasteiger partial charge in [-0.3, -0.25) is 9.59 Å². The lowest BCUT2D eigenvalue weighted by Gasteiger charge is -2.30. The molecule has 1 heterocycles. The molecule has 22 heavy (non-hydrogen) atoms. The molecule has 0 radical (unpaired) electrons. The van der Waals surface area contributed by atoms with Gasteiger partial charge in [-0.1, -0.05) is 13.8 Å². The van der Waals surface area contributed by atoms with E-state index in [0.717, 1.165) is 6.42 Å². The van der Waals surface area contributed by atoms with E-state index in [0.29, 0.717) is 13.0 Å². The Morgan fingerprint density at radius 1 is 1.27 bits per heavy atom. The van der Waals surface area contributed by atoms with Gasteiger partial charge in [0, 0.05) is 6.54 Å². The Morgan fingerprint density at radius 2 is 1.86 bits per heavy atom. The first-order valence-electron chi connectivity index (χ1n) is 7.62. The third-order valence-corrected chi connectivity index (χ3v) is 3.47. The van der Waals surface area contributed by atoms with Crippen LogP contribution in [0.1, 0.15) is 47.5 Å². The molecule has 0 spiro atoms. The molecule has 126 valence electrons. The van der Waals surface area contributed by atoms with Crippen molar-refractivity contribution in [1.29, 1.82) is 0 Å². The molecule has 0 saturated carbocycles. The maximum atomic E-state index is 12.7. The van der Waals surface area contributed by atoms with Gasteiger partial charge in [-0.15, -0.1) is 0 Å². The number of amides is 3. The van der Waals surface area contributed by atoms with E-state index in [4.69, 9.17) is 10.5 Å². The molecule has 1 fully saturated rings. The van der Waals surface area contributed by atoms with Crippen LogP contribution < -0.4 is 11.1 Å². The molecule has 1 aliphatic heterocycles. The second-order valence-corrected chi connectivity index (χ2v) is 6.96. The van der Waals surface area contributed by atoms with Gasteiger partial charge < -0.3 is 20.7 Å². The fourth-order valence-corrected chi connectivity index (χ4v) is 2.45. The van der Waals surface area contributed by atoms with Crippen LogP contribution in [0.25, 0.3) is 0 Å². The molecule has 0 bridgehead atoms. The van der Waals surface area contributed by atoms with Crippen molar-refractivity contribution >= 4 is 17.9 Å². The molecule has 0 unspecified atom stereocenters. The number of primary amides is 1. The number of carbonyl (C=O) groups is 3. The largest absolute Gasteiger partial charge is 0.444 e. The number of nitrogens with zero attached hydrogens (tertiary/aromatic N) is 1. The van der Waals surface area contributed by atoms with Crippen molar-refractivity contribution in [3.8, 4) is 0 Å². The van der Waals surface area contributed by atoms with Crippen LogP contribution in [0.3, 0.4) is 0 Å². The highest BCUT2D eigenvalue weighted by molar-refractivity contribution is 5.91. The van der Waals surface area contributed by atoms with Gasteiger partial charge in [0.1, 0.15) is 17.7 Å². The molecule has 7 nitrogen and oxygen atoms in total. The maximum absolute atomic E-state index is 12.7. The third kappa shape index (κ3) is 4.89. The summed E-state index contributed by atoms with van der Waals surface area (Å²) < 4.78 is 5.19. The normalized spacial score (nSPS) is 19.9. The zero-order valence-electron chi connectivity index (χ0n) is 14.0. The van der Waals surface area contributed by atoms with E-state index < -0.39 is 29.7 Å². The number of alkyl carbamates (subject to hydrolysis) is 1. The van der Waals surface area contributed by atoms with Crippen LogP contribution in [0.4, 0.5) is 4.79 Å². The van der Waals surface area contributed by atoms with E-state index in [1.54, 1.807) is 20.8 Å². The van der Waals surface area contributed by atoms with E-state index in [9.17, 15) is 14.4 Å². The Balaban J connectivity index is 2.80. The molecule has 1 aliphatic rings. The van der Waals surface area contributed by atoms with Gasteiger partial charge in [0.05, 0.1) is 0 Å². The summed E-state index contributed by atoms with van der Waals surface area (Å²) >= 11 is 0. The third-order valence-electron chi connectivity index (χ3n) is 3.47. The Labute approximate surface area is 131 Å². The lowest BCUT2D eigenvalue weighted by Crippen LogP contribution is -2.55. The van der Waals surface area contributed by atoms with Crippen LogP contribution in [0, 0.1) is 5.92 Å². The molecule has 3 amide bonds. The number of nitrogens with two attached hydrogens (primary N) is 1. The highest BCUT2D eigenvalue weighted by Crippen LogP contribution is 2.20. The van der Waals surface area contributed by atoms with Gasteiger partial charge in [-0.2, -0.15) is 0 Å². The van der Waals surface area contributed by atoms with Gasteiger partial charge in [0.25, 0.3) is 0 Å². The summed E-state index contributed by atoms with van der Waals surface area (Å²) in [5, 5.41) is 2.60. The van der Waals surface area contributed by atoms with Crippen molar-refractivity contribution in [2.75, 3.05) is 6.54 Å². The molecular weight excluding hydrogens is 286 g/mol. The molecular formula is C15H27N3O4. The van der Waals surface area contributed by atoms with Crippen LogP contribution in [-0.4, -0.2) is 47.0 Å². The minimum atomic E-state index is -0.741. The fraction of sp³-hybridized carbons (Fsp3) is 0.800. The van der Waals surface area contributed by atoms with Crippen molar-refractivity contribution < 1.29 is 19.1 Å². The minimum Gasteiger partial charge on any atom is -0.444 e. The predicted octanol–water partition coefficient (Wildman–Crippen LogP) is 1.01. The summed E-state index contributed by atoms with van der Waals surface area (Å²) in [4.78, 5) is 37.5. The number of carbonyl (C=O) groups excluding carboxylic acids is 3. The van der Waals surface area contributed by atoms with Crippen molar-refractivity contribution in [3.05, 3.63) is 0 Å². The summed E-state index contributed by atoms with van der Waals surface area (Å²) in [6, 6.07) is -1.33. The van der Waals surface area contributed by atoms with Crippen LogP contribution in [0.2, 0.25) is 0 Å². The van der Waals surface area contributed by atoms with Crippen molar-refractivity contribution in [2.45, 2.75) is 65.1 Å². The van der Waals surface area contributed by atoms with E-state index in [1.165, 1.54) is 4.90 Å². The number of ether oxygens (including phenoxy) is 1. The number of nitrogens with one attached hydrogen (secondary N) is 1. The number of hydrogen-bond donors (Lipinski definition) is 2. The van der Waals surface area contributed by atoms with Crippen LogP contribution in [0.5, 0.6) is 0 Å². The standard InChI is InChI=1S/C15H27N3O4/c1-9(2)11(17-14(21)22-15(3,4)5)13(20)18-8-6-7-10(18)12(16)19/h9-11H,6-8H2,1-5H3,(H2,16,19)(H,17,21)/t10-,11-/m1/s1. The Morgan fingerprint density at radius 3 is 2.32 bits per heavy atom. The monoisotopic (exact) mass is 313 g/mol. The highest BCUT2D eigenvalue weighted by Gasteiger charge is 2.38. The van der Waals surface area contributed by atoms with Gasteiger partial charge >= 0.3 is 6.09 Å². The van der Waals surface area contributed by atoms with Crippen molar-refractivity contribution in [1.82, 2.24) is 10.2 Å². The average Bonchev–Trinajstić information content (AvgIpc) is 2.81. The first kappa shape index (κ1) is 18.3. The van der Waals surface area contributed by atoms with Crippen molar-refractivity contribution in [3.63, 3.8) is 0 Å². The minimum absolute atomic E-state index is 0.130. The first-order valence-corrected chi connectivity index (χ1v) is 7.62. The van der Waals surface area contributed by atoms with E-state index in [-0.39, 0.29) is 11.8 Å². The van der Waals surface area contributed by atoms with E-state index >= 15 is 0 Å². The van der Waals surface area contributed by atoms with E-state index in [2.05, 4.69) is 5.32 Å². The molecule has 2 atom stereocenters. The van der Waals surface area contributed by atoms with Crippen molar-refractivity contribution in [2.24, 2.45) is 11.7 Å². The van der Waals surface area contributed by atoms with Gasteiger partial charge in [0.15, 0.2) is 0 Å². The summed E-state index contributed by atoms with van der Waals surface area (Å²) in [5.74, 6) is -0.929. The summed E-state index contributed by atoms with van der Waals surface area (Å²) in [5.41, 5.74) is 4.70. The van der Waals surface area contributed by atoms with Gasteiger partial charge in [-0.25, -0.2) is 4.79 Å². The number of hydrogen-bond acceptors (Lipinski definition) is 4. The lowest BCUT2D eigenvalue weighted by molar-refractivity contribution is -0.139. The molecule has 1 saturated heterocycles. The summed E-state index contributed by atoms with van der Waals surface area (Å²) in [6.45, 7) is 9.39. The Bertz CT molecular complexity index is 443. The van der Waals surface area contributed by atoms with Crippen LogP contribution in [0.15, 0.2) is 0 Å². The number of rotatable bonds is 4. The van der Waals surface area contributed by atoms with Gasteiger partial charge in [-0.05, 0) is 39.5 Å². The van der Waals surface area contributed by atoms with Gasteiger partial charge in [0.2, 0.25) is 11.8 Å². The summed E-state index contributed by atoms with van der Waals surface area (Å²) in [7, 11) is 0. The lowest BCUT2D eigenvalue weighted by atomic mass is 10.0. The fourth-order valence-electron chi connectivity index (χ4n) is 2.45. The van der Waals surface area contributed by atoms with Crippen LogP contribution in [-0.2, 0) is 14.3 Å².